The van der Waals surface area contributed by atoms with Gasteiger partial charge in [0.05, 0.1) is 5.56 Å². The summed E-state index contributed by atoms with van der Waals surface area (Å²) >= 11 is 1.27. The van der Waals surface area contributed by atoms with E-state index in [4.69, 9.17) is 0 Å². The molecule has 2 aromatic rings. The highest BCUT2D eigenvalue weighted by Crippen LogP contribution is 2.33. The number of amides is 2. The normalized spacial score (nSPS) is 10.4. The van der Waals surface area contributed by atoms with Crippen LogP contribution in [0.2, 0.25) is 0 Å². The minimum atomic E-state index is -1.12. The molecule has 0 aliphatic rings. The van der Waals surface area contributed by atoms with Crippen LogP contribution in [0.4, 0.5) is 15.1 Å². The molecule has 0 unspecified atom stereocenters. The topological polar surface area (TPSA) is 58.2 Å². The zero-order chi connectivity index (χ0) is 16.3. The molecule has 0 aliphatic heterocycles. The van der Waals surface area contributed by atoms with Crippen LogP contribution in [-0.2, 0) is 4.79 Å². The van der Waals surface area contributed by atoms with Gasteiger partial charge in [0.25, 0.3) is 11.8 Å². The SMILES string of the molecule is Cc1ccccc1NC(=O)c1c(NC(=O)CF)sc(C)c1C. The molecule has 0 radical (unpaired) electrons. The third kappa shape index (κ3) is 3.33. The van der Waals surface area contributed by atoms with E-state index >= 15 is 0 Å². The van der Waals surface area contributed by atoms with Crippen molar-refractivity contribution in [1.29, 1.82) is 0 Å². The average molecular weight is 320 g/mol. The lowest BCUT2D eigenvalue weighted by atomic mass is 10.1. The summed E-state index contributed by atoms with van der Waals surface area (Å²) in [6.45, 7) is 4.45. The molecule has 2 amide bonds. The number of benzene rings is 1. The Kier molecular flexibility index (Phi) is 4.92. The van der Waals surface area contributed by atoms with Crippen LogP contribution in [0.15, 0.2) is 24.3 Å². The predicted octanol–water partition coefficient (Wildman–Crippen LogP) is 3.83. The van der Waals surface area contributed by atoms with Crippen molar-refractivity contribution >= 4 is 33.8 Å². The Bertz CT molecular complexity index is 725. The van der Waals surface area contributed by atoms with Gasteiger partial charge in [0, 0.05) is 10.6 Å². The first-order valence-corrected chi connectivity index (χ1v) is 7.58. The molecule has 1 aromatic carbocycles. The Labute approximate surface area is 132 Å². The monoisotopic (exact) mass is 320 g/mol. The maximum Gasteiger partial charge on any atom is 0.258 e. The summed E-state index contributed by atoms with van der Waals surface area (Å²) in [6.07, 6.45) is 0. The van der Waals surface area contributed by atoms with E-state index in [1.54, 1.807) is 0 Å². The summed E-state index contributed by atoms with van der Waals surface area (Å²) in [5, 5.41) is 5.66. The minimum absolute atomic E-state index is 0.315. The third-order valence-electron chi connectivity index (χ3n) is 3.38. The summed E-state index contributed by atoms with van der Waals surface area (Å²) in [7, 11) is 0. The third-order valence-corrected chi connectivity index (χ3v) is 4.50. The molecule has 0 saturated heterocycles. The van der Waals surface area contributed by atoms with Crippen LogP contribution in [0.3, 0.4) is 0 Å². The van der Waals surface area contributed by atoms with Gasteiger partial charge in [0.1, 0.15) is 5.00 Å². The maximum atomic E-state index is 12.5. The molecule has 0 fully saturated rings. The van der Waals surface area contributed by atoms with E-state index in [0.717, 1.165) is 16.0 Å². The second-order valence-electron chi connectivity index (χ2n) is 4.94. The van der Waals surface area contributed by atoms with Crippen LogP contribution in [0.5, 0.6) is 0 Å². The second-order valence-corrected chi connectivity index (χ2v) is 6.16. The number of aryl methyl sites for hydroxylation is 2. The van der Waals surface area contributed by atoms with Crippen molar-refractivity contribution in [3.8, 4) is 0 Å². The number of thiophene rings is 1. The fourth-order valence-electron chi connectivity index (χ4n) is 2.05. The minimum Gasteiger partial charge on any atom is -0.322 e. The molecule has 0 spiro atoms. The van der Waals surface area contributed by atoms with E-state index < -0.39 is 12.6 Å². The second kappa shape index (κ2) is 6.70. The van der Waals surface area contributed by atoms with Gasteiger partial charge >= 0.3 is 0 Å². The molecule has 116 valence electrons. The van der Waals surface area contributed by atoms with Crippen molar-refractivity contribution in [1.82, 2.24) is 0 Å². The van der Waals surface area contributed by atoms with Crippen molar-refractivity contribution in [2.75, 3.05) is 17.3 Å². The van der Waals surface area contributed by atoms with Gasteiger partial charge < -0.3 is 10.6 Å². The van der Waals surface area contributed by atoms with Gasteiger partial charge in [-0.15, -0.1) is 11.3 Å². The number of hydrogen-bond acceptors (Lipinski definition) is 3. The Balaban J connectivity index is 2.33. The summed E-state index contributed by atoms with van der Waals surface area (Å²) in [6, 6.07) is 7.42. The van der Waals surface area contributed by atoms with Crippen LogP contribution in [0.1, 0.15) is 26.4 Å². The highest BCUT2D eigenvalue weighted by Gasteiger charge is 2.21. The number of rotatable bonds is 4. The zero-order valence-corrected chi connectivity index (χ0v) is 13.4. The van der Waals surface area contributed by atoms with Gasteiger partial charge in [0.2, 0.25) is 0 Å². The molecule has 6 heteroatoms. The Hall–Kier alpha value is -2.21. The molecule has 22 heavy (non-hydrogen) atoms. The number of para-hydroxylation sites is 1. The van der Waals surface area contributed by atoms with Gasteiger partial charge in [-0.3, -0.25) is 9.59 Å². The number of halogens is 1. The number of hydrogen-bond donors (Lipinski definition) is 2. The van der Waals surface area contributed by atoms with E-state index in [-0.39, 0.29) is 5.91 Å². The number of carbonyl (C=O) groups excluding carboxylic acids is 2. The van der Waals surface area contributed by atoms with Gasteiger partial charge in [0.15, 0.2) is 6.67 Å². The molecule has 1 heterocycles. The Morgan fingerprint density at radius 3 is 2.45 bits per heavy atom. The first-order chi connectivity index (χ1) is 10.4. The average Bonchev–Trinajstić information content (AvgIpc) is 2.76. The molecular formula is C16H17FN2O2S. The molecule has 0 bridgehead atoms. The molecule has 0 saturated carbocycles. The van der Waals surface area contributed by atoms with Crippen LogP contribution in [-0.4, -0.2) is 18.5 Å². The fraction of sp³-hybridized carbons (Fsp3) is 0.250. The van der Waals surface area contributed by atoms with E-state index in [0.29, 0.717) is 16.3 Å². The molecule has 0 atom stereocenters. The smallest absolute Gasteiger partial charge is 0.258 e. The number of anilines is 2. The molecule has 2 N–H and O–H groups in total. The summed E-state index contributed by atoms with van der Waals surface area (Å²) in [4.78, 5) is 24.7. The lowest BCUT2D eigenvalue weighted by Crippen LogP contribution is -2.18. The van der Waals surface area contributed by atoms with Crippen molar-refractivity contribution in [2.45, 2.75) is 20.8 Å². The quantitative estimate of drug-likeness (QED) is 0.899. The predicted molar refractivity (Wildman–Crippen MR) is 87.5 cm³/mol. The Morgan fingerprint density at radius 2 is 1.82 bits per heavy atom. The lowest BCUT2D eigenvalue weighted by molar-refractivity contribution is -0.116. The van der Waals surface area contributed by atoms with Crippen molar-refractivity contribution < 1.29 is 14.0 Å². The molecule has 2 rings (SSSR count). The number of nitrogens with one attached hydrogen (secondary N) is 2. The maximum absolute atomic E-state index is 12.5. The summed E-state index contributed by atoms with van der Waals surface area (Å²) < 4.78 is 12.4. The molecule has 1 aromatic heterocycles. The lowest BCUT2D eigenvalue weighted by Gasteiger charge is -2.10. The highest BCUT2D eigenvalue weighted by molar-refractivity contribution is 7.16. The van der Waals surface area contributed by atoms with Crippen LogP contribution in [0, 0.1) is 20.8 Å². The van der Waals surface area contributed by atoms with Crippen molar-refractivity contribution in [3.05, 3.63) is 45.8 Å². The van der Waals surface area contributed by atoms with Gasteiger partial charge in [-0.1, -0.05) is 18.2 Å². The van der Waals surface area contributed by atoms with Crippen molar-refractivity contribution in [3.63, 3.8) is 0 Å². The molecule has 4 nitrogen and oxygen atoms in total. The molecule has 0 aliphatic carbocycles. The number of alkyl halides is 1. The van der Waals surface area contributed by atoms with Gasteiger partial charge in [-0.05, 0) is 38.0 Å². The van der Waals surface area contributed by atoms with Crippen LogP contribution in [0.25, 0.3) is 0 Å². The number of carbonyl (C=O) groups is 2. The standard InChI is InChI=1S/C16H17FN2O2S/c1-9-6-4-5-7-12(9)18-15(21)14-10(2)11(3)22-16(14)19-13(20)8-17/h4-7H,8H2,1-3H3,(H,18,21)(H,19,20). The van der Waals surface area contributed by atoms with E-state index in [1.165, 1.54) is 11.3 Å². The van der Waals surface area contributed by atoms with E-state index in [2.05, 4.69) is 10.6 Å². The largest absolute Gasteiger partial charge is 0.322 e. The first-order valence-electron chi connectivity index (χ1n) is 6.76. The van der Waals surface area contributed by atoms with Crippen LogP contribution < -0.4 is 10.6 Å². The van der Waals surface area contributed by atoms with Gasteiger partial charge in [-0.2, -0.15) is 0 Å². The first kappa shape index (κ1) is 16.2. The summed E-state index contributed by atoms with van der Waals surface area (Å²) in [5.41, 5.74) is 2.81. The van der Waals surface area contributed by atoms with E-state index in [9.17, 15) is 14.0 Å². The highest BCUT2D eigenvalue weighted by atomic mass is 32.1. The van der Waals surface area contributed by atoms with Crippen LogP contribution >= 0.6 is 11.3 Å². The Morgan fingerprint density at radius 1 is 1.14 bits per heavy atom. The summed E-state index contributed by atoms with van der Waals surface area (Å²) in [5.74, 6) is -1.07. The van der Waals surface area contributed by atoms with E-state index in [1.807, 2.05) is 45.0 Å². The van der Waals surface area contributed by atoms with Crippen molar-refractivity contribution in [2.24, 2.45) is 0 Å². The zero-order valence-electron chi connectivity index (χ0n) is 12.6. The molecular weight excluding hydrogens is 303 g/mol. The fourth-order valence-corrected chi connectivity index (χ4v) is 3.12. The van der Waals surface area contributed by atoms with Gasteiger partial charge in [-0.25, -0.2) is 4.39 Å².